The Morgan fingerprint density at radius 1 is 1.12 bits per heavy atom. The lowest BCUT2D eigenvalue weighted by Gasteiger charge is -2.13. The third kappa shape index (κ3) is 3.32. The van der Waals surface area contributed by atoms with Crippen LogP contribution in [0.15, 0.2) is 53.4 Å². The first kappa shape index (κ1) is 17.7. The van der Waals surface area contributed by atoms with E-state index >= 15 is 0 Å². The Balaban J connectivity index is 2.17. The van der Waals surface area contributed by atoms with Crippen LogP contribution in [-0.4, -0.2) is 24.0 Å². The van der Waals surface area contributed by atoms with Crippen molar-refractivity contribution in [2.24, 2.45) is 0 Å². The zero-order valence-corrected chi connectivity index (χ0v) is 14.5. The average Bonchev–Trinajstić information content (AvgIpc) is 2.55. The zero-order valence-electron chi connectivity index (χ0n) is 13.7. The first-order chi connectivity index (χ1) is 12.2. The number of carbonyl (C=O) groups excluding carboxylic acids is 1. The molecule has 0 aromatic heterocycles. The number of amides is 1. The van der Waals surface area contributed by atoms with Gasteiger partial charge in [-0.1, -0.05) is 23.8 Å². The lowest BCUT2D eigenvalue weighted by Crippen LogP contribution is -2.15. The monoisotopic (exact) mass is 372 g/mol. The lowest BCUT2D eigenvalue weighted by atomic mass is 10.1. The number of aromatic hydroxyl groups is 1. The van der Waals surface area contributed by atoms with Crippen molar-refractivity contribution in [3.8, 4) is 5.75 Å². The molecule has 3 aromatic carbocycles. The van der Waals surface area contributed by atoms with Gasteiger partial charge in [0.2, 0.25) is 0 Å². The fourth-order valence-corrected chi connectivity index (χ4v) is 3.49. The largest absolute Gasteiger partial charge is 0.508 e. The molecule has 0 bridgehead atoms. The molecule has 0 aliphatic carbocycles. The molecular weight excluding hydrogens is 356 g/mol. The molecular formula is C18H16N2O5S. The number of nitrogens with one attached hydrogen (secondary N) is 1. The molecule has 0 spiro atoms. The highest BCUT2D eigenvalue weighted by atomic mass is 32.2. The molecule has 7 nitrogen and oxygen atoms in total. The van der Waals surface area contributed by atoms with Gasteiger partial charge in [0, 0.05) is 17.1 Å². The maximum Gasteiger partial charge on any atom is 0.295 e. The third-order valence-electron chi connectivity index (χ3n) is 3.90. The number of fused-ring (bicyclic) bond motifs is 1. The topological polar surface area (TPSA) is 130 Å². The zero-order chi connectivity index (χ0) is 19.1. The first-order valence-corrected chi connectivity index (χ1v) is 9.01. The second-order valence-electron chi connectivity index (χ2n) is 5.87. The van der Waals surface area contributed by atoms with Crippen LogP contribution in [0.25, 0.3) is 10.8 Å². The Labute approximate surface area is 149 Å². The highest BCUT2D eigenvalue weighted by Crippen LogP contribution is 2.34. The summed E-state index contributed by atoms with van der Waals surface area (Å²) in [5, 5.41) is 12.8. The summed E-state index contributed by atoms with van der Waals surface area (Å²) in [5.41, 5.74) is 7.38. The summed E-state index contributed by atoms with van der Waals surface area (Å²) in [4.78, 5) is 12.1. The molecule has 1 amide bonds. The molecule has 0 atom stereocenters. The summed E-state index contributed by atoms with van der Waals surface area (Å²) >= 11 is 0. The molecule has 8 heteroatoms. The van der Waals surface area contributed by atoms with E-state index in [1.165, 1.54) is 12.1 Å². The number of carbonyl (C=O) groups is 1. The van der Waals surface area contributed by atoms with Crippen LogP contribution in [0.3, 0.4) is 0 Å². The van der Waals surface area contributed by atoms with Crippen LogP contribution in [0.1, 0.15) is 15.9 Å². The van der Waals surface area contributed by atoms with Gasteiger partial charge in [-0.05, 0) is 36.6 Å². The minimum Gasteiger partial charge on any atom is -0.508 e. The highest BCUT2D eigenvalue weighted by molar-refractivity contribution is 7.86. The van der Waals surface area contributed by atoms with Crippen molar-refractivity contribution in [1.82, 2.24) is 0 Å². The second-order valence-corrected chi connectivity index (χ2v) is 7.26. The van der Waals surface area contributed by atoms with E-state index < -0.39 is 20.9 Å². The van der Waals surface area contributed by atoms with E-state index in [-0.39, 0.29) is 28.1 Å². The van der Waals surface area contributed by atoms with Crippen molar-refractivity contribution >= 4 is 38.2 Å². The molecule has 0 saturated carbocycles. The number of nitrogens with two attached hydrogens (primary N) is 1. The summed E-state index contributed by atoms with van der Waals surface area (Å²) in [6, 6.07) is 11.9. The van der Waals surface area contributed by atoms with Gasteiger partial charge in [-0.25, -0.2) is 0 Å². The Morgan fingerprint density at radius 2 is 1.85 bits per heavy atom. The molecule has 26 heavy (non-hydrogen) atoms. The van der Waals surface area contributed by atoms with E-state index in [0.29, 0.717) is 5.39 Å². The van der Waals surface area contributed by atoms with Gasteiger partial charge in [-0.2, -0.15) is 8.42 Å². The number of aryl methyl sites for hydroxylation is 1. The summed E-state index contributed by atoms with van der Waals surface area (Å²) in [7, 11) is -4.63. The molecule has 134 valence electrons. The van der Waals surface area contributed by atoms with E-state index in [2.05, 4.69) is 5.32 Å². The van der Waals surface area contributed by atoms with E-state index in [4.69, 9.17) is 5.73 Å². The fraction of sp³-hybridized carbons (Fsp3) is 0.0556. The van der Waals surface area contributed by atoms with Gasteiger partial charge >= 0.3 is 0 Å². The predicted molar refractivity (Wildman–Crippen MR) is 99.0 cm³/mol. The van der Waals surface area contributed by atoms with Crippen molar-refractivity contribution in [1.29, 1.82) is 0 Å². The molecule has 0 heterocycles. The maximum absolute atomic E-state index is 12.6. The number of hydrogen-bond donors (Lipinski definition) is 4. The fourth-order valence-electron chi connectivity index (χ4n) is 2.74. The summed E-state index contributed by atoms with van der Waals surface area (Å²) in [6.45, 7) is 1.81. The molecule has 3 aromatic rings. The Kier molecular flexibility index (Phi) is 4.31. The first-order valence-electron chi connectivity index (χ1n) is 7.57. The number of phenolic OH excluding ortho intramolecular Hbond substituents is 1. The highest BCUT2D eigenvalue weighted by Gasteiger charge is 2.20. The van der Waals surface area contributed by atoms with Gasteiger partial charge < -0.3 is 16.2 Å². The van der Waals surface area contributed by atoms with Crippen molar-refractivity contribution in [2.45, 2.75) is 11.8 Å². The van der Waals surface area contributed by atoms with E-state index in [9.17, 15) is 22.9 Å². The van der Waals surface area contributed by atoms with Crippen LogP contribution in [0.4, 0.5) is 11.4 Å². The van der Waals surface area contributed by atoms with Gasteiger partial charge in [-0.15, -0.1) is 0 Å². The van der Waals surface area contributed by atoms with E-state index in [1.807, 2.05) is 6.92 Å². The predicted octanol–water partition coefficient (Wildman–Crippen LogP) is 2.94. The van der Waals surface area contributed by atoms with Gasteiger partial charge in [-0.3, -0.25) is 9.35 Å². The van der Waals surface area contributed by atoms with Gasteiger partial charge in [0.05, 0.1) is 11.3 Å². The summed E-state index contributed by atoms with van der Waals surface area (Å²) in [5.74, 6) is -0.843. The molecule has 0 fully saturated rings. The smallest absolute Gasteiger partial charge is 0.295 e. The molecule has 0 aliphatic heterocycles. The summed E-state index contributed by atoms with van der Waals surface area (Å²) < 4.78 is 32.9. The maximum atomic E-state index is 12.6. The number of rotatable bonds is 3. The quantitative estimate of drug-likeness (QED) is 0.413. The normalized spacial score (nSPS) is 11.5. The number of phenols is 1. The number of benzene rings is 3. The molecule has 3 rings (SSSR count). The molecule has 0 unspecified atom stereocenters. The van der Waals surface area contributed by atoms with Crippen LogP contribution in [0, 0.1) is 6.92 Å². The summed E-state index contributed by atoms with van der Waals surface area (Å²) in [6.07, 6.45) is 0. The Hall–Kier alpha value is -3.10. The second kappa shape index (κ2) is 6.32. The van der Waals surface area contributed by atoms with Gasteiger partial charge in [0.1, 0.15) is 10.6 Å². The van der Waals surface area contributed by atoms with Crippen molar-refractivity contribution in [3.05, 3.63) is 59.7 Å². The standard InChI is InChI=1S/C18H16N2O5S/c1-10-5-6-14(19)13(7-10)18(22)20-15-4-2-3-11-8-12(21)9-16(17(11)15)26(23,24)25/h2-9,21H,19H2,1H3,(H,20,22)(H,23,24,25). The Morgan fingerprint density at radius 3 is 2.54 bits per heavy atom. The Bertz CT molecular complexity index is 1140. The minimum atomic E-state index is -4.63. The van der Waals surface area contributed by atoms with E-state index in [1.54, 1.807) is 30.3 Å². The minimum absolute atomic E-state index is 0.0902. The third-order valence-corrected chi connectivity index (χ3v) is 4.78. The average molecular weight is 372 g/mol. The van der Waals surface area contributed by atoms with Gasteiger partial charge in [0.25, 0.3) is 16.0 Å². The van der Waals surface area contributed by atoms with E-state index in [0.717, 1.165) is 11.6 Å². The van der Waals surface area contributed by atoms with Crippen molar-refractivity contribution in [2.75, 3.05) is 11.1 Å². The van der Waals surface area contributed by atoms with Crippen molar-refractivity contribution < 1.29 is 22.9 Å². The van der Waals surface area contributed by atoms with Crippen LogP contribution in [0.5, 0.6) is 5.75 Å². The van der Waals surface area contributed by atoms with Crippen LogP contribution < -0.4 is 11.1 Å². The van der Waals surface area contributed by atoms with Crippen molar-refractivity contribution in [3.63, 3.8) is 0 Å². The number of nitrogen functional groups attached to an aromatic ring is 1. The van der Waals surface area contributed by atoms with Crippen LogP contribution in [0.2, 0.25) is 0 Å². The lowest BCUT2D eigenvalue weighted by molar-refractivity contribution is 0.102. The molecule has 0 saturated heterocycles. The van der Waals surface area contributed by atoms with Crippen LogP contribution in [-0.2, 0) is 10.1 Å². The van der Waals surface area contributed by atoms with Gasteiger partial charge in [0.15, 0.2) is 0 Å². The SMILES string of the molecule is Cc1ccc(N)c(C(=O)Nc2cccc3cc(O)cc(S(=O)(=O)O)c23)c1. The number of hydrogen-bond acceptors (Lipinski definition) is 5. The molecule has 5 N–H and O–H groups in total. The number of anilines is 2. The molecule has 0 aliphatic rings. The molecule has 0 radical (unpaired) electrons. The van der Waals surface area contributed by atoms with Crippen LogP contribution >= 0.6 is 0 Å².